The van der Waals surface area contributed by atoms with Crippen molar-refractivity contribution in [1.82, 2.24) is 10.3 Å². The van der Waals surface area contributed by atoms with E-state index in [-0.39, 0.29) is 11.9 Å². The fourth-order valence-electron chi connectivity index (χ4n) is 2.07. The smallest absolute Gasteiger partial charge is 0.280 e. The lowest BCUT2D eigenvalue weighted by Gasteiger charge is -2.11. The zero-order valence-electron chi connectivity index (χ0n) is 11.0. The van der Waals surface area contributed by atoms with Crippen LogP contribution >= 0.6 is 11.3 Å². The van der Waals surface area contributed by atoms with E-state index in [0.29, 0.717) is 5.01 Å². The van der Waals surface area contributed by atoms with Gasteiger partial charge in [-0.05, 0) is 37.1 Å². The molecule has 2 aromatic heterocycles. The molecule has 0 aliphatic rings. The number of nitrogens with one attached hydrogen (secondary N) is 1. The van der Waals surface area contributed by atoms with E-state index >= 15 is 0 Å². The second-order valence-electron chi connectivity index (χ2n) is 4.70. The third kappa shape index (κ3) is 2.72. The molecule has 0 fully saturated rings. The first-order chi connectivity index (χ1) is 9.72. The van der Waals surface area contributed by atoms with Crippen molar-refractivity contribution >= 4 is 27.5 Å². The van der Waals surface area contributed by atoms with Crippen LogP contribution in [0.4, 0.5) is 0 Å². The number of hydrogen-bond acceptors (Lipinski definition) is 4. The summed E-state index contributed by atoms with van der Waals surface area (Å²) in [5, 5.41) is 3.47. The summed E-state index contributed by atoms with van der Waals surface area (Å²) < 4.78 is 6.05. The topological polar surface area (TPSA) is 55.1 Å². The normalized spacial score (nSPS) is 12.4. The average molecular weight is 286 g/mol. The van der Waals surface area contributed by atoms with Crippen LogP contribution in [0.1, 0.15) is 22.3 Å². The molecule has 2 heterocycles. The highest BCUT2D eigenvalue weighted by atomic mass is 32.1. The predicted octanol–water partition coefficient (Wildman–Crippen LogP) is 3.25. The fourth-order valence-corrected chi connectivity index (χ4v) is 2.94. The SMILES string of the molecule is CC(Cc1ccoc1)NC(=O)c1nc2ccccc2s1. The molecule has 1 N–H and O–H groups in total. The fraction of sp³-hybridized carbons (Fsp3) is 0.200. The second kappa shape index (κ2) is 5.46. The van der Waals surface area contributed by atoms with Crippen molar-refractivity contribution in [3.63, 3.8) is 0 Å². The standard InChI is InChI=1S/C15H14N2O2S/c1-10(8-11-6-7-19-9-11)16-14(18)15-17-12-4-2-3-5-13(12)20-15/h2-7,9-10H,8H2,1H3,(H,16,18). The quantitative estimate of drug-likeness (QED) is 0.801. The van der Waals surface area contributed by atoms with E-state index in [9.17, 15) is 4.79 Å². The van der Waals surface area contributed by atoms with Gasteiger partial charge in [-0.25, -0.2) is 4.98 Å². The van der Waals surface area contributed by atoms with Crippen molar-refractivity contribution in [2.45, 2.75) is 19.4 Å². The van der Waals surface area contributed by atoms with Crippen LogP contribution in [0.15, 0.2) is 47.3 Å². The van der Waals surface area contributed by atoms with Crippen LogP contribution in [0.25, 0.3) is 10.2 Å². The van der Waals surface area contributed by atoms with Crippen molar-refractivity contribution in [1.29, 1.82) is 0 Å². The second-order valence-corrected chi connectivity index (χ2v) is 5.73. The number of para-hydroxylation sites is 1. The third-order valence-corrected chi connectivity index (χ3v) is 4.02. The molecule has 0 radical (unpaired) electrons. The highest BCUT2D eigenvalue weighted by Gasteiger charge is 2.14. The molecule has 0 aliphatic carbocycles. The van der Waals surface area contributed by atoms with E-state index in [1.54, 1.807) is 12.5 Å². The molecule has 1 atom stereocenters. The predicted molar refractivity (Wildman–Crippen MR) is 79.0 cm³/mol. The summed E-state index contributed by atoms with van der Waals surface area (Å²) in [4.78, 5) is 16.5. The van der Waals surface area contributed by atoms with Crippen LogP contribution in [0.3, 0.4) is 0 Å². The molecule has 0 aliphatic heterocycles. The Morgan fingerprint density at radius 2 is 2.25 bits per heavy atom. The number of nitrogens with zero attached hydrogens (tertiary/aromatic N) is 1. The van der Waals surface area contributed by atoms with E-state index in [1.165, 1.54) is 11.3 Å². The van der Waals surface area contributed by atoms with Crippen molar-refractivity contribution in [3.8, 4) is 0 Å². The van der Waals surface area contributed by atoms with E-state index in [1.807, 2.05) is 37.3 Å². The first-order valence-corrected chi connectivity index (χ1v) is 7.21. The number of amides is 1. The Kier molecular flexibility index (Phi) is 3.52. The number of hydrogen-bond donors (Lipinski definition) is 1. The van der Waals surface area contributed by atoms with Crippen LogP contribution < -0.4 is 5.32 Å². The third-order valence-electron chi connectivity index (χ3n) is 2.99. The van der Waals surface area contributed by atoms with Gasteiger partial charge in [-0.3, -0.25) is 4.79 Å². The highest BCUT2D eigenvalue weighted by Crippen LogP contribution is 2.21. The van der Waals surface area contributed by atoms with Gasteiger partial charge in [-0.1, -0.05) is 12.1 Å². The minimum Gasteiger partial charge on any atom is -0.472 e. The summed E-state index contributed by atoms with van der Waals surface area (Å²) in [7, 11) is 0. The van der Waals surface area contributed by atoms with Crippen LogP contribution in [0, 0.1) is 0 Å². The van der Waals surface area contributed by atoms with Gasteiger partial charge in [0.1, 0.15) is 0 Å². The van der Waals surface area contributed by atoms with Crippen molar-refractivity contribution in [3.05, 3.63) is 53.4 Å². The zero-order chi connectivity index (χ0) is 13.9. The number of aromatic nitrogens is 1. The lowest BCUT2D eigenvalue weighted by molar-refractivity contribution is 0.0940. The maximum Gasteiger partial charge on any atom is 0.280 e. The molecule has 4 nitrogen and oxygen atoms in total. The molecule has 5 heteroatoms. The van der Waals surface area contributed by atoms with Crippen LogP contribution in [-0.2, 0) is 6.42 Å². The van der Waals surface area contributed by atoms with E-state index < -0.39 is 0 Å². The Morgan fingerprint density at radius 1 is 1.40 bits per heavy atom. The summed E-state index contributed by atoms with van der Waals surface area (Å²) in [5.41, 5.74) is 1.94. The molecule has 1 aromatic carbocycles. The van der Waals surface area contributed by atoms with E-state index in [2.05, 4.69) is 10.3 Å². The maximum absolute atomic E-state index is 12.2. The number of carbonyl (C=O) groups excluding carboxylic acids is 1. The van der Waals surface area contributed by atoms with Gasteiger partial charge in [-0.15, -0.1) is 11.3 Å². The first-order valence-electron chi connectivity index (χ1n) is 6.40. The molecule has 0 spiro atoms. The molecule has 3 aromatic rings. The van der Waals surface area contributed by atoms with Gasteiger partial charge >= 0.3 is 0 Å². The zero-order valence-corrected chi connectivity index (χ0v) is 11.8. The summed E-state index contributed by atoms with van der Waals surface area (Å²) in [6.07, 6.45) is 4.07. The van der Waals surface area contributed by atoms with Crippen molar-refractivity contribution in [2.24, 2.45) is 0 Å². The van der Waals surface area contributed by atoms with E-state index in [0.717, 1.165) is 22.2 Å². The summed E-state index contributed by atoms with van der Waals surface area (Å²) in [6, 6.07) is 9.69. The van der Waals surface area contributed by atoms with Gasteiger partial charge in [0, 0.05) is 6.04 Å². The Balaban J connectivity index is 1.69. The van der Waals surface area contributed by atoms with Crippen molar-refractivity contribution < 1.29 is 9.21 Å². The summed E-state index contributed by atoms with van der Waals surface area (Å²) >= 11 is 1.41. The van der Waals surface area contributed by atoms with Gasteiger partial charge in [0.25, 0.3) is 5.91 Å². The lowest BCUT2D eigenvalue weighted by Crippen LogP contribution is -2.33. The molecule has 1 amide bonds. The molecule has 3 rings (SSSR count). The highest BCUT2D eigenvalue weighted by molar-refractivity contribution is 7.20. The lowest BCUT2D eigenvalue weighted by atomic mass is 10.1. The molecule has 20 heavy (non-hydrogen) atoms. The molecule has 0 saturated carbocycles. The Labute approximate surface area is 120 Å². The molecular weight excluding hydrogens is 272 g/mol. The number of furan rings is 1. The first kappa shape index (κ1) is 12.9. The minimum absolute atomic E-state index is 0.0344. The molecule has 0 saturated heterocycles. The number of carbonyl (C=O) groups is 1. The summed E-state index contributed by atoms with van der Waals surface area (Å²) in [6.45, 7) is 1.97. The minimum atomic E-state index is -0.123. The number of fused-ring (bicyclic) bond motifs is 1. The van der Waals surface area contributed by atoms with Crippen LogP contribution in [-0.4, -0.2) is 16.9 Å². The number of rotatable bonds is 4. The van der Waals surface area contributed by atoms with Gasteiger partial charge in [0.2, 0.25) is 0 Å². The van der Waals surface area contributed by atoms with Crippen LogP contribution in [0.5, 0.6) is 0 Å². The van der Waals surface area contributed by atoms with Gasteiger partial charge in [0.15, 0.2) is 5.01 Å². The largest absolute Gasteiger partial charge is 0.472 e. The van der Waals surface area contributed by atoms with Gasteiger partial charge < -0.3 is 9.73 Å². The Morgan fingerprint density at radius 3 is 3.00 bits per heavy atom. The maximum atomic E-state index is 12.2. The molecule has 1 unspecified atom stereocenters. The molecular formula is C15H14N2O2S. The molecule has 102 valence electrons. The molecule has 0 bridgehead atoms. The van der Waals surface area contributed by atoms with Crippen molar-refractivity contribution in [2.75, 3.05) is 0 Å². The van der Waals surface area contributed by atoms with Gasteiger partial charge in [0.05, 0.1) is 22.7 Å². The Hall–Kier alpha value is -2.14. The van der Waals surface area contributed by atoms with Gasteiger partial charge in [-0.2, -0.15) is 0 Å². The number of benzene rings is 1. The van der Waals surface area contributed by atoms with Crippen LogP contribution in [0.2, 0.25) is 0 Å². The Bertz CT molecular complexity index is 685. The average Bonchev–Trinajstić information content (AvgIpc) is 3.06. The monoisotopic (exact) mass is 286 g/mol. The number of thiazole rings is 1. The summed E-state index contributed by atoms with van der Waals surface area (Å²) in [5.74, 6) is -0.123. The van der Waals surface area contributed by atoms with E-state index in [4.69, 9.17) is 4.42 Å².